The first-order valence-electron chi connectivity index (χ1n) is 7.17. The molecule has 0 unspecified atom stereocenters. The zero-order chi connectivity index (χ0) is 15.9. The minimum Gasteiger partial charge on any atom is -0.382 e. The lowest BCUT2D eigenvalue weighted by Crippen LogP contribution is -2.39. The van der Waals surface area contributed by atoms with Crippen molar-refractivity contribution in [1.29, 1.82) is 0 Å². The molecule has 0 aliphatic carbocycles. The Morgan fingerprint density at radius 2 is 2.32 bits per heavy atom. The van der Waals surface area contributed by atoms with Crippen LogP contribution >= 0.6 is 11.6 Å². The molecule has 2 rings (SSSR count). The SMILES string of the molecule is COCCO[C@H]1CCN(C(=O)NCc2ccc(Cl)cc2F)C1. The molecule has 1 aliphatic rings. The maximum Gasteiger partial charge on any atom is 0.317 e. The van der Waals surface area contributed by atoms with Gasteiger partial charge < -0.3 is 19.7 Å². The molecule has 1 aliphatic heterocycles. The molecule has 5 nitrogen and oxygen atoms in total. The van der Waals surface area contributed by atoms with Crippen molar-refractivity contribution in [2.45, 2.75) is 19.1 Å². The van der Waals surface area contributed by atoms with Crippen molar-refractivity contribution in [2.75, 3.05) is 33.4 Å². The number of amides is 2. The van der Waals surface area contributed by atoms with Gasteiger partial charge in [-0.3, -0.25) is 0 Å². The van der Waals surface area contributed by atoms with Crippen molar-refractivity contribution in [3.8, 4) is 0 Å². The number of likely N-dealkylation sites (tertiary alicyclic amines) is 1. The van der Waals surface area contributed by atoms with Gasteiger partial charge >= 0.3 is 6.03 Å². The van der Waals surface area contributed by atoms with Gasteiger partial charge in [-0.25, -0.2) is 9.18 Å². The normalized spacial score (nSPS) is 17.8. The van der Waals surface area contributed by atoms with Crippen LogP contribution in [0.1, 0.15) is 12.0 Å². The van der Waals surface area contributed by atoms with Gasteiger partial charge in [0.15, 0.2) is 0 Å². The summed E-state index contributed by atoms with van der Waals surface area (Å²) >= 11 is 5.69. The Kier molecular flexibility index (Phi) is 6.42. The fourth-order valence-corrected chi connectivity index (χ4v) is 2.45. The zero-order valence-corrected chi connectivity index (χ0v) is 13.2. The summed E-state index contributed by atoms with van der Waals surface area (Å²) in [4.78, 5) is 13.7. The molecule has 0 radical (unpaired) electrons. The van der Waals surface area contributed by atoms with Crippen molar-refractivity contribution in [1.82, 2.24) is 10.2 Å². The van der Waals surface area contributed by atoms with E-state index in [-0.39, 0.29) is 18.7 Å². The fraction of sp³-hybridized carbons (Fsp3) is 0.533. The van der Waals surface area contributed by atoms with E-state index in [1.807, 2.05) is 0 Å². The lowest BCUT2D eigenvalue weighted by molar-refractivity contribution is 0.0236. The average Bonchev–Trinajstić information content (AvgIpc) is 2.95. The highest BCUT2D eigenvalue weighted by Crippen LogP contribution is 2.15. The number of urea groups is 1. The van der Waals surface area contributed by atoms with E-state index >= 15 is 0 Å². The summed E-state index contributed by atoms with van der Waals surface area (Å²) in [5.74, 6) is -0.421. The first kappa shape index (κ1) is 17.0. The molecule has 1 fully saturated rings. The van der Waals surface area contributed by atoms with Crippen molar-refractivity contribution in [2.24, 2.45) is 0 Å². The third-order valence-electron chi connectivity index (χ3n) is 3.52. The predicted molar refractivity (Wildman–Crippen MR) is 81.5 cm³/mol. The van der Waals surface area contributed by atoms with E-state index in [9.17, 15) is 9.18 Å². The number of hydrogen-bond acceptors (Lipinski definition) is 3. The zero-order valence-electron chi connectivity index (χ0n) is 12.5. The van der Waals surface area contributed by atoms with Crippen LogP contribution in [0.2, 0.25) is 5.02 Å². The standard InChI is InChI=1S/C15H20ClFN2O3/c1-21-6-7-22-13-4-5-19(10-13)15(20)18-9-11-2-3-12(16)8-14(11)17/h2-3,8,13H,4-7,9-10H2,1H3,(H,18,20)/t13-/m0/s1. The minimum absolute atomic E-state index is 0.0353. The van der Waals surface area contributed by atoms with Crippen LogP contribution in [0.15, 0.2) is 18.2 Å². The molecule has 1 aromatic rings. The van der Waals surface area contributed by atoms with Gasteiger partial charge in [0.1, 0.15) is 5.82 Å². The molecular weight excluding hydrogens is 311 g/mol. The van der Waals surface area contributed by atoms with Gasteiger partial charge in [-0.1, -0.05) is 17.7 Å². The molecule has 0 saturated carbocycles. The van der Waals surface area contributed by atoms with Crippen LogP contribution in [0.4, 0.5) is 9.18 Å². The van der Waals surface area contributed by atoms with Gasteiger partial charge in [0.2, 0.25) is 0 Å². The van der Waals surface area contributed by atoms with E-state index in [2.05, 4.69) is 5.32 Å². The van der Waals surface area contributed by atoms with Gasteiger partial charge in [-0.15, -0.1) is 0 Å². The number of methoxy groups -OCH3 is 1. The summed E-state index contributed by atoms with van der Waals surface area (Å²) in [5, 5.41) is 3.05. The highest BCUT2D eigenvalue weighted by atomic mass is 35.5. The largest absolute Gasteiger partial charge is 0.382 e. The molecule has 1 atom stereocenters. The topological polar surface area (TPSA) is 50.8 Å². The Morgan fingerprint density at radius 3 is 3.05 bits per heavy atom. The highest BCUT2D eigenvalue weighted by Gasteiger charge is 2.26. The lowest BCUT2D eigenvalue weighted by Gasteiger charge is -2.17. The van der Waals surface area contributed by atoms with Crippen LogP contribution in [0.3, 0.4) is 0 Å². The molecule has 7 heteroatoms. The predicted octanol–water partition coefficient (Wildman–Crippen LogP) is 2.43. The molecular formula is C15H20ClFN2O3. The second-order valence-corrected chi connectivity index (χ2v) is 5.55. The fourth-order valence-electron chi connectivity index (χ4n) is 2.29. The number of ether oxygens (including phenoxy) is 2. The van der Waals surface area contributed by atoms with Crippen LogP contribution in [-0.4, -0.2) is 50.4 Å². The first-order valence-corrected chi connectivity index (χ1v) is 7.55. The van der Waals surface area contributed by atoms with Gasteiger partial charge in [0.05, 0.1) is 19.3 Å². The maximum absolute atomic E-state index is 13.6. The maximum atomic E-state index is 13.6. The number of nitrogens with zero attached hydrogens (tertiary/aromatic N) is 1. The van der Waals surface area contributed by atoms with Crippen LogP contribution < -0.4 is 5.32 Å². The van der Waals surface area contributed by atoms with Gasteiger partial charge in [0.25, 0.3) is 0 Å². The number of hydrogen-bond donors (Lipinski definition) is 1. The molecule has 1 N–H and O–H groups in total. The third kappa shape index (κ3) is 4.83. The molecule has 122 valence electrons. The summed E-state index contributed by atoms with van der Waals surface area (Å²) in [6.45, 7) is 2.36. The second kappa shape index (κ2) is 8.31. The Hall–Kier alpha value is -1.37. The second-order valence-electron chi connectivity index (χ2n) is 5.11. The number of carbonyl (C=O) groups is 1. The van der Waals surface area contributed by atoms with E-state index in [1.54, 1.807) is 24.1 Å². The molecule has 0 spiro atoms. The number of halogens is 2. The average molecular weight is 331 g/mol. The number of carbonyl (C=O) groups excluding carboxylic acids is 1. The van der Waals surface area contributed by atoms with Crippen LogP contribution in [0, 0.1) is 5.82 Å². The van der Waals surface area contributed by atoms with Crippen molar-refractivity contribution < 1.29 is 18.7 Å². The van der Waals surface area contributed by atoms with Crippen molar-refractivity contribution in [3.63, 3.8) is 0 Å². The Morgan fingerprint density at radius 1 is 1.50 bits per heavy atom. The summed E-state index contributed by atoms with van der Waals surface area (Å²) in [5.41, 5.74) is 0.407. The molecule has 1 saturated heterocycles. The minimum atomic E-state index is -0.421. The summed E-state index contributed by atoms with van der Waals surface area (Å²) in [6.07, 6.45) is 0.833. The Balaban J connectivity index is 1.76. The van der Waals surface area contributed by atoms with Gasteiger partial charge in [0, 0.05) is 37.3 Å². The van der Waals surface area contributed by atoms with E-state index in [0.29, 0.717) is 36.9 Å². The molecule has 22 heavy (non-hydrogen) atoms. The van der Waals surface area contributed by atoms with E-state index in [1.165, 1.54) is 6.07 Å². The summed E-state index contributed by atoms with van der Waals surface area (Å²) in [6, 6.07) is 4.19. The Bertz CT molecular complexity index is 516. The molecule has 0 bridgehead atoms. The van der Waals surface area contributed by atoms with E-state index in [4.69, 9.17) is 21.1 Å². The van der Waals surface area contributed by atoms with Crippen LogP contribution in [-0.2, 0) is 16.0 Å². The summed E-state index contributed by atoms with van der Waals surface area (Å²) < 4.78 is 24.1. The molecule has 1 aromatic carbocycles. The number of nitrogens with one attached hydrogen (secondary N) is 1. The Labute approximate surface area is 134 Å². The summed E-state index contributed by atoms with van der Waals surface area (Å²) in [7, 11) is 1.62. The van der Waals surface area contributed by atoms with Crippen molar-refractivity contribution >= 4 is 17.6 Å². The number of rotatable bonds is 6. The van der Waals surface area contributed by atoms with Crippen molar-refractivity contribution in [3.05, 3.63) is 34.6 Å². The van der Waals surface area contributed by atoms with Gasteiger partial charge in [-0.05, 0) is 18.6 Å². The lowest BCUT2D eigenvalue weighted by atomic mass is 10.2. The smallest absolute Gasteiger partial charge is 0.317 e. The van der Waals surface area contributed by atoms with Gasteiger partial charge in [-0.2, -0.15) is 0 Å². The third-order valence-corrected chi connectivity index (χ3v) is 3.75. The highest BCUT2D eigenvalue weighted by molar-refractivity contribution is 6.30. The number of benzene rings is 1. The van der Waals surface area contributed by atoms with Crippen LogP contribution in [0.25, 0.3) is 0 Å². The first-order chi connectivity index (χ1) is 10.6. The quantitative estimate of drug-likeness (QED) is 0.815. The monoisotopic (exact) mass is 330 g/mol. The van der Waals surface area contributed by atoms with E-state index < -0.39 is 5.82 Å². The van der Waals surface area contributed by atoms with E-state index in [0.717, 1.165) is 6.42 Å². The van der Waals surface area contributed by atoms with Crippen LogP contribution in [0.5, 0.6) is 0 Å². The molecule has 2 amide bonds. The molecule has 1 heterocycles. The molecule has 0 aromatic heterocycles.